The minimum Gasteiger partial charge on any atom is -0.453 e. The van der Waals surface area contributed by atoms with E-state index in [2.05, 4.69) is 19.7 Å². The van der Waals surface area contributed by atoms with Crippen LogP contribution in [0.2, 0.25) is 0 Å². The molecule has 0 saturated carbocycles. The highest BCUT2D eigenvalue weighted by Crippen LogP contribution is 2.49. The standard InChI is InChI=1S/C21H28O9S.C20H28O7S.C19H26O8S.C7H14O.5CH4/c1-7-14(3)21(12-27-31(24,25)17-10-8-13(2)9-11-17)19(26-6)18(28-15(4)22)20(30-21)29-16(5)23;1-7-14(3)20(12-24-28(21,22)15-10-8-13(2)9-11-15)17(23-6)16-18(27-20)26-19(4,5)25-16;1-6-14(20)19(11-24-28(21,22)13-9-7-12(2)8-10-13)16(23-5)15-17(27-19)26-18(3,4)25-15;1-5(2)7(8)6(3)4;;;;;/h7-11,14,18-20H,1,12H2,2-6H3;7-11,14,16-18H,1,12H2,2-6H3;6-10,14-17,20H,1,11H2,2-5H3;5-6H,1-4H3;5*1H4/t14-,18+,19-,20?,21+;14-,16+,17-,18-,20+;14-,15+,16-,17-,19+;;;;;;/m000....../s1. The predicted octanol–water partition coefficient (Wildman–Crippen LogP) is 11.5. The fourth-order valence-electron chi connectivity index (χ4n) is 11.3. The number of rotatable bonds is 25. The molecule has 1 N–H and O–H groups in total. The van der Waals surface area contributed by atoms with Crippen molar-refractivity contribution in [2.24, 2.45) is 23.7 Å². The van der Waals surface area contributed by atoms with E-state index in [4.69, 9.17) is 69.4 Å². The molecule has 0 aromatic heterocycles. The van der Waals surface area contributed by atoms with Crippen molar-refractivity contribution in [3.63, 3.8) is 0 Å². The van der Waals surface area contributed by atoms with Crippen molar-refractivity contribution in [1.82, 2.24) is 0 Å². The normalized spacial score (nSPS) is 27.6. The van der Waals surface area contributed by atoms with Crippen LogP contribution in [0.15, 0.2) is 125 Å². The highest BCUT2D eigenvalue weighted by atomic mass is 32.2. The van der Waals surface area contributed by atoms with Gasteiger partial charge in [0.2, 0.25) is 6.29 Å². The number of ketones is 1. The van der Waals surface area contributed by atoms with Crippen LogP contribution in [0.3, 0.4) is 0 Å². The zero-order valence-corrected chi connectivity index (χ0v) is 59.9. The Morgan fingerprint density at radius 2 is 0.770 bits per heavy atom. The maximum atomic E-state index is 12.8. The van der Waals surface area contributed by atoms with E-state index in [1.54, 1.807) is 77.1 Å². The lowest BCUT2D eigenvalue weighted by molar-refractivity contribution is -0.261. The van der Waals surface area contributed by atoms with Crippen LogP contribution in [-0.4, -0.2) is 179 Å². The highest BCUT2D eigenvalue weighted by molar-refractivity contribution is 7.87. The lowest BCUT2D eigenvalue weighted by Gasteiger charge is -2.38. The summed E-state index contributed by atoms with van der Waals surface area (Å²) >= 11 is 0. The summed E-state index contributed by atoms with van der Waals surface area (Å²) in [6.45, 7) is 36.2. The van der Waals surface area contributed by atoms with Gasteiger partial charge in [0, 0.05) is 58.8 Å². The Hall–Kier alpha value is -5.22. The molecule has 0 spiro atoms. The summed E-state index contributed by atoms with van der Waals surface area (Å²) in [4.78, 5) is 34.1. The zero-order valence-electron chi connectivity index (χ0n) is 57.5. The van der Waals surface area contributed by atoms with Gasteiger partial charge in [0.05, 0.1) is 27.9 Å². The molecule has 15 atom stereocenters. The van der Waals surface area contributed by atoms with Crippen molar-refractivity contribution in [2.75, 3.05) is 41.2 Å². The van der Waals surface area contributed by atoms with Gasteiger partial charge in [-0.3, -0.25) is 26.9 Å². The molecule has 1 unspecified atom stereocenters. The molecule has 5 heterocycles. The van der Waals surface area contributed by atoms with Crippen LogP contribution >= 0.6 is 0 Å². The fourth-order valence-corrected chi connectivity index (χ4v) is 14.2. The summed E-state index contributed by atoms with van der Waals surface area (Å²) in [5.74, 6) is -3.10. The molecule has 5 aliphatic rings. The lowest BCUT2D eigenvalue weighted by atomic mass is 9.83. The number of esters is 2. The van der Waals surface area contributed by atoms with Crippen molar-refractivity contribution >= 4 is 48.1 Å². The first kappa shape index (κ1) is 94.8. The molecule has 0 bridgehead atoms. The summed E-state index contributed by atoms with van der Waals surface area (Å²) in [7, 11) is -7.90. The average Bonchev–Trinajstić information content (AvgIpc) is 1.59. The number of ether oxygens (including phenoxy) is 12. The number of aryl methyl sites for hydroxylation is 3. The van der Waals surface area contributed by atoms with E-state index in [-0.39, 0.29) is 76.2 Å². The third-order valence-corrected chi connectivity index (χ3v) is 20.3. The van der Waals surface area contributed by atoms with Gasteiger partial charge in [0.1, 0.15) is 60.2 Å². The van der Waals surface area contributed by atoms with E-state index in [0.717, 1.165) is 16.7 Å². The number of aliphatic hydroxyl groups excluding tert-OH is 1. The number of carbonyl (C=O) groups is 3. The number of Topliss-reactive ketones (excluding diaryl/α,β-unsaturated/α-hetero) is 1. The molecule has 572 valence electrons. The molecule has 3 aromatic carbocycles. The van der Waals surface area contributed by atoms with Crippen LogP contribution in [-0.2, 0) is 114 Å². The first-order valence-electron chi connectivity index (χ1n) is 30.8. The van der Waals surface area contributed by atoms with E-state index in [1.807, 2.05) is 55.4 Å². The van der Waals surface area contributed by atoms with Gasteiger partial charge in [-0.25, -0.2) is 0 Å². The van der Waals surface area contributed by atoms with Crippen LogP contribution in [0.5, 0.6) is 0 Å². The van der Waals surface area contributed by atoms with Gasteiger partial charge in [0.15, 0.2) is 35.9 Å². The van der Waals surface area contributed by atoms with E-state index in [1.165, 1.54) is 83.7 Å². The summed E-state index contributed by atoms with van der Waals surface area (Å²) in [6.07, 6.45) is -4.47. The van der Waals surface area contributed by atoms with Crippen LogP contribution in [0.25, 0.3) is 0 Å². The molecule has 0 radical (unpaired) electrons. The van der Waals surface area contributed by atoms with Gasteiger partial charge >= 0.3 is 11.9 Å². The number of benzene rings is 3. The van der Waals surface area contributed by atoms with Crippen molar-refractivity contribution in [1.29, 1.82) is 0 Å². The molecular formula is C72H116O25S3. The third kappa shape index (κ3) is 22.4. The van der Waals surface area contributed by atoms with Crippen LogP contribution < -0.4 is 0 Å². The molecule has 100 heavy (non-hydrogen) atoms. The van der Waals surface area contributed by atoms with Crippen molar-refractivity contribution in [2.45, 2.75) is 246 Å². The Kier molecular flexibility index (Phi) is 36.5. The monoisotopic (exact) mass is 1480 g/mol. The number of fused-ring (bicyclic) bond motifs is 2. The SMILES string of the molecule is C.C.C.C.C.C=C[C@H](C)[C@@]1(COS(=O)(=O)c2ccc(C)cc2)OC(OC(C)=O)[C@H](OC(C)=O)[C@@H]1OC.C=C[C@H](C)[C@@]1(COS(=O)(=O)c2ccc(C)cc2)O[C@@H]2OC(C)(C)O[C@@H]2[C@@H]1OC.C=C[C@H](O)[C@@]1(COS(=O)(=O)c2ccc(C)cc2)O[C@@H]2OC(C)(C)O[C@@H]2[C@@H]1OC.CC(C)C(=O)C(C)C. The number of aliphatic hydroxyl groups is 1. The quantitative estimate of drug-likeness (QED) is 0.0468. The van der Waals surface area contributed by atoms with E-state index >= 15 is 0 Å². The molecule has 8 rings (SSSR count). The van der Waals surface area contributed by atoms with E-state index in [9.17, 15) is 44.7 Å². The third-order valence-electron chi connectivity index (χ3n) is 16.5. The van der Waals surface area contributed by atoms with Gasteiger partial charge < -0.3 is 61.9 Å². The van der Waals surface area contributed by atoms with Gasteiger partial charge in [-0.05, 0) is 84.9 Å². The Bertz CT molecular complexity index is 3300. The van der Waals surface area contributed by atoms with Crippen molar-refractivity contribution in [3.05, 3.63) is 127 Å². The summed E-state index contributed by atoms with van der Waals surface area (Å²) in [5.41, 5.74) is -1.41. The second-order valence-corrected chi connectivity index (χ2v) is 30.1. The van der Waals surface area contributed by atoms with Gasteiger partial charge in [-0.2, -0.15) is 25.3 Å². The maximum absolute atomic E-state index is 12.8. The molecule has 28 heteroatoms. The Morgan fingerprint density at radius 1 is 0.470 bits per heavy atom. The number of hydrogen-bond donors (Lipinski definition) is 1. The predicted molar refractivity (Wildman–Crippen MR) is 379 cm³/mol. The van der Waals surface area contributed by atoms with Crippen molar-refractivity contribution in [3.8, 4) is 0 Å². The fraction of sp³-hybridized carbons (Fsp3) is 0.625. The molecule has 0 amide bonds. The number of methoxy groups -OCH3 is 3. The average molecular weight is 1480 g/mol. The summed E-state index contributed by atoms with van der Waals surface area (Å²) in [6, 6.07) is 18.9. The Labute approximate surface area is 597 Å². The minimum absolute atomic E-state index is 0. The van der Waals surface area contributed by atoms with Crippen LogP contribution in [0.4, 0.5) is 0 Å². The molecule has 5 saturated heterocycles. The zero-order chi connectivity index (χ0) is 71.6. The van der Waals surface area contributed by atoms with E-state index < -0.39 is 151 Å². The van der Waals surface area contributed by atoms with E-state index in [0.29, 0.717) is 5.78 Å². The highest BCUT2D eigenvalue weighted by Gasteiger charge is 2.67. The first-order valence-corrected chi connectivity index (χ1v) is 35.0. The summed E-state index contributed by atoms with van der Waals surface area (Å²) < 4.78 is 161. The molecule has 3 aromatic rings. The topological polar surface area (TPSA) is 312 Å². The summed E-state index contributed by atoms with van der Waals surface area (Å²) in [5, 5.41) is 10.6. The molecule has 25 nitrogen and oxygen atoms in total. The second-order valence-electron chi connectivity index (χ2n) is 25.2. The molecule has 5 fully saturated rings. The van der Waals surface area contributed by atoms with Crippen LogP contribution in [0, 0.1) is 44.4 Å². The largest absolute Gasteiger partial charge is 0.453 e. The Morgan fingerprint density at radius 3 is 1.05 bits per heavy atom. The van der Waals surface area contributed by atoms with Gasteiger partial charge in [-0.15, -0.1) is 19.7 Å². The number of hydrogen-bond acceptors (Lipinski definition) is 25. The second kappa shape index (κ2) is 38.5. The molecular weight excluding hydrogens is 1360 g/mol. The van der Waals surface area contributed by atoms with Crippen LogP contribution in [0.1, 0.15) is 137 Å². The maximum Gasteiger partial charge on any atom is 0.305 e. The van der Waals surface area contributed by atoms with Gasteiger partial charge in [0.25, 0.3) is 30.4 Å². The minimum atomic E-state index is -4.14. The molecule has 5 aliphatic heterocycles. The van der Waals surface area contributed by atoms with Crippen molar-refractivity contribution < 1.29 is 114 Å². The first-order chi connectivity index (χ1) is 44.1. The molecule has 0 aliphatic carbocycles. The number of carbonyl (C=O) groups excluding carboxylic acids is 3. The smallest absolute Gasteiger partial charge is 0.305 e. The van der Waals surface area contributed by atoms with Gasteiger partial charge in [-0.1, -0.05) is 150 Å². The Balaban J connectivity index is 0.00000136. The lowest BCUT2D eigenvalue weighted by Crippen LogP contribution is -2.57.